The van der Waals surface area contributed by atoms with Crippen molar-refractivity contribution in [2.45, 2.75) is 64.4 Å². The summed E-state index contributed by atoms with van der Waals surface area (Å²) in [7, 11) is 0. The lowest BCUT2D eigenvalue weighted by atomic mass is 9.92. The molecule has 1 fully saturated rings. The zero-order valence-electron chi connectivity index (χ0n) is 22.0. The van der Waals surface area contributed by atoms with Gasteiger partial charge in [0.2, 0.25) is 0 Å². The van der Waals surface area contributed by atoms with Crippen LogP contribution in [-0.4, -0.2) is 29.8 Å². The van der Waals surface area contributed by atoms with Crippen molar-refractivity contribution in [3.8, 4) is 5.75 Å². The average Bonchev–Trinajstić information content (AvgIpc) is 3.24. The molecule has 1 aliphatic heterocycles. The van der Waals surface area contributed by atoms with Crippen LogP contribution in [0.5, 0.6) is 5.75 Å². The van der Waals surface area contributed by atoms with Crippen molar-refractivity contribution < 1.29 is 28.2 Å². The Morgan fingerprint density at radius 3 is 2.37 bits per heavy atom. The minimum atomic E-state index is -0.675. The molecule has 3 unspecified atom stereocenters. The van der Waals surface area contributed by atoms with Gasteiger partial charge in [-0.1, -0.05) is 60.7 Å². The molecule has 1 aliphatic rings. The molecule has 0 aromatic heterocycles. The van der Waals surface area contributed by atoms with Gasteiger partial charge in [0.1, 0.15) is 29.9 Å². The smallest absolute Gasteiger partial charge is 0.408 e. The van der Waals surface area contributed by atoms with E-state index in [-0.39, 0.29) is 18.2 Å². The quantitative estimate of drug-likeness (QED) is 0.350. The van der Waals surface area contributed by atoms with Gasteiger partial charge in [-0.2, -0.15) is 0 Å². The van der Waals surface area contributed by atoms with Gasteiger partial charge in [-0.05, 0) is 68.5 Å². The Bertz CT molecular complexity index is 1220. The second kappa shape index (κ2) is 12.1. The molecule has 0 saturated carbocycles. The standard InChI is InChI=1S/C31H34FNO5/c1-31(2,3)38-30(35)33-27(28-19-24(29(34)37-28)18-23-11-7-8-12-26(23)32)17-21-13-15-25(16-14-21)36-20-22-9-5-4-6-10-22/h4-16,24,27-28H,17-20H2,1-3H3,(H,33,35). The summed E-state index contributed by atoms with van der Waals surface area (Å²) in [5, 5.41) is 2.90. The number of hydrogen-bond acceptors (Lipinski definition) is 5. The monoisotopic (exact) mass is 519 g/mol. The molecule has 3 aromatic carbocycles. The van der Waals surface area contributed by atoms with Crippen LogP contribution in [0.15, 0.2) is 78.9 Å². The normalized spacial score (nSPS) is 17.9. The Kier molecular flexibility index (Phi) is 8.66. The van der Waals surface area contributed by atoms with Gasteiger partial charge < -0.3 is 19.5 Å². The number of alkyl carbamates (subject to hydrolysis) is 1. The predicted octanol–water partition coefficient (Wildman–Crippen LogP) is 6.01. The number of hydrogen-bond donors (Lipinski definition) is 1. The van der Waals surface area contributed by atoms with Crippen LogP contribution in [0.1, 0.15) is 43.9 Å². The highest BCUT2D eigenvalue weighted by Gasteiger charge is 2.40. The van der Waals surface area contributed by atoms with Crippen molar-refractivity contribution in [3.05, 3.63) is 101 Å². The largest absolute Gasteiger partial charge is 0.489 e. The van der Waals surface area contributed by atoms with E-state index in [1.54, 1.807) is 39.0 Å². The van der Waals surface area contributed by atoms with Gasteiger partial charge in [0.25, 0.3) is 0 Å². The second-order valence-corrected chi connectivity index (χ2v) is 10.6. The summed E-state index contributed by atoms with van der Waals surface area (Å²) in [6.45, 7) is 5.83. The van der Waals surface area contributed by atoms with E-state index in [1.165, 1.54) is 6.07 Å². The van der Waals surface area contributed by atoms with Crippen molar-refractivity contribution in [3.63, 3.8) is 0 Å². The van der Waals surface area contributed by atoms with E-state index in [0.29, 0.717) is 25.0 Å². The molecule has 0 bridgehead atoms. The van der Waals surface area contributed by atoms with Crippen molar-refractivity contribution >= 4 is 12.1 Å². The number of amides is 1. The molecular weight excluding hydrogens is 485 g/mol. The van der Waals surface area contributed by atoms with E-state index in [4.69, 9.17) is 14.2 Å². The zero-order valence-corrected chi connectivity index (χ0v) is 22.0. The third-order valence-electron chi connectivity index (χ3n) is 6.32. The highest BCUT2D eigenvalue weighted by Crippen LogP contribution is 2.29. The van der Waals surface area contributed by atoms with Crippen LogP contribution in [0, 0.1) is 11.7 Å². The zero-order chi connectivity index (χ0) is 27.1. The van der Waals surface area contributed by atoms with Crippen LogP contribution >= 0.6 is 0 Å². The van der Waals surface area contributed by atoms with Gasteiger partial charge in [0, 0.05) is 6.42 Å². The number of cyclic esters (lactones) is 1. The topological polar surface area (TPSA) is 73.9 Å². The first-order valence-corrected chi connectivity index (χ1v) is 12.9. The summed E-state index contributed by atoms with van der Waals surface area (Å²) in [5.74, 6) is -0.499. The van der Waals surface area contributed by atoms with Gasteiger partial charge >= 0.3 is 12.1 Å². The number of ether oxygens (including phenoxy) is 3. The summed E-state index contributed by atoms with van der Waals surface area (Å²) < 4.78 is 31.2. The number of carbonyl (C=O) groups is 2. The number of esters is 1. The lowest BCUT2D eigenvalue weighted by molar-refractivity contribution is -0.145. The molecule has 1 saturated heterocycles. The van der Waals surface area contributed by atoms with Crippen LogP contribution in [0.25, 0.3) is 0 Å². The maximum atomic E-state index is 14.2. The second-order valence-electron chi connectivity index (χ2n) is 10.6. The molecule has 3 aromatic rings. The molecule has 6 nitrogen and oxygen atoms in total. The SMILES string of the molecule is CC(C)(C)OC(=O)NC(Cc1ccc(OCc2ccccc2)cc1)C1CC(Cc2ccccc2F)C(=O)O1. The Labute approximate surface area is 223 Å². The number of rotatable bonds is 9. The minimum absolute atomic E-state index is 0.245. The number of nitrogens with one attached hydrogen (secondary N) is 1. The van der Waals surface area contributed by atoms with Gasteiger partial charge in [-0.15, -0.1) is 0 Å². The van der Waals surface area contributed by atoms with E-state index in [1.807, 2.05) is 54.6 Å². The van der Waals surface area contributed by atoms with Crippen LogP contribution < -0.4 is 10.1 Å². The fourth-order valence-corrected chi connectivity index (χ4v) is 4.46. The lowest BCUT2D eigenvalue weighted by Crippen LogP contribution is -2.46. The van der Waals surface area contributed by atoms with Crippen LogP contribution in [-0.2, 0) is 33.7 Å². The number of benzene rings is 3. The van der Waals surface area contributed by atoms with Crippen molar-refractivity contribution in [2.75, 3.05) is 0 Å². The van der Waals surface area contributed by atoms with Crippen molar-refractivity contribution in [1.82, 2.24) is 5.32 Å². The molecule has 0 aliphatic carbocycles. The van der Waals surface area contributed by atoms with Crippen molar-refractivity contribution in [1.29, 1.82) is 0 Å². The molecule has 1 heterocycles. The Hall–Kier alpha value is -3.87. The fraction of sp³-hybridized carbons (Fsp3) is 0.355. The van der Waals surface area contributed by atoms with E-state index in [2.05, 4.69) is 5.32 Å². The van der Waals surface area contributed by atoms with E-state index in [0.717, 1.165) is 16.9 Å². The average molecular weight is 520 g/mol. The summed E-state index contributed by atoms with van der Waals surface area (Å²) in [5.41, 5.74) is 1.81. The highest BCUT2D eigenvalue weighted by atomic mass is 19.1. The third-order valence-corrected chi connectivity index (χ3v) is 6.32. The molecular formula is C31H34FNO5. The van der Waals surface area contributed by atoms with Crippen LogP contribution in [0.2, 0.25) is 0 Å². The molecule has 200 valence electrons. The summed E-state index contributed by atoms with van der Waals surface area (Å²) >= 11 is 0. The number of halogens is 1. The van der Waals surface area contributed by atoms with Gasteiger partial charge in [-0.3, -0.25) is 4.79 Å². The highest BCUT2D eigenvalue weighted by molar-refractivity contribution is 5.75. The van der Waals surface area contributed by atoms with Crippen molar-refractivity contribution in [2.24, 2.45) is 5.92 Å². The molecule has 0 spiro atoms. The summed E-state index contributed by atoms with van der Waals surface area (Å²) in [4.78, 5) is 25.3. The molecule has 7 heteroatoms. The Balaban J connectivity index is 1.44. The maximum Gasteiger partial charge on any atom is 0.408 e. The van der Waals surface area contributed by atoms with E-state index < -0.39 is 29.8 Å². The van der Waals surface area contributed by atoms with E-state index >= 15 is 0 Å². The Morgan fingerprint density at radius 1 is 1.00 bits per heavy atom. The van der Waals surface area contributed by atoms with Crippen LogP contribution in [0.4, 0.5) is 9.18 Å². The molecule has 38 heavy (non-hydrogen) atoms. The third kappa shape index (κ3) is 7.81. The fourth-order valence-electron chi connectivity index (χ4n) is 4.46. The predicted molar refractivity (Wildman–Crippen MR) is 142 cm³/mol. The minimum Gasteiger partial charge on any atom is -0.489 e. The molecule has 3 atom stereocenters. The van der Waals surface area contributed by atoms with Gasteiger partial charge in [-0.25, -0.2) is 9.18 Å². The molecule has 1 amide bonds. The first-order chi connectivity index (χ1) is 18.2. The summed E-state index contributed by atoms with van der Waals surface area (Å²) in [6, 6.07) is 23.4. The first-order valence-electron chi connectivity index (χ1n) is 12.9. The van der Waals surface area contributed by atoms with Crippen LogP contribution in [0.3, 0.4) is 0 Å². The molecule has 0 radical (unpaired) electrons. The lowest BCUT2D eigenvalue weighted by Gasteiger charge is -2.26. The Morgan fingerprint density at radius 2 is 1.68 bits per heavy atom. The molecule has 1 N–H and O–H groups in total. The number of carbonyl (C=O) groups excluding carboxylic acids is 2. The first kappa shape index (κ1) is 27.2. The van der Waals surface area contributed by atoms with Gasteiger partial charge in [0.15, 0.2) is 0 Å². The van der Waals surface area contributed by atoms with Gasteiger partial charge in [0.05, 0.1) is 12.0 Å². The molecule has 4 rings (SSSR count). The maximum absolute atomic E-state index is 14.2. The van der Waals surface area contributed by atoms with E-state index in [9.17, 15) is 14.0 Å². The summed E-state index contributed by atoms with van der Waals surface area (Å²) in [6.07, 6.45) is -0.122.